The number of ether oxygens (including phenoxy) is 7. The van der Waals surface area contributed by atoms with Crippen LogP contribution in [0, 0.1) is 0 Å². The number of rotatable bonds is 14. The summed E-state index contributed by atoms with van der Waals surface area (Å²) in [4.78, 5) is 66.1. The van der Waals surface area contributed by atoms with Gasteiger partial charge in [-0.25, -0.2) is 24.0 Å². The number of hydrogen-bond acceptors (Lipinski definition) is 12. The molecule has 0 aromatic heterocycles. The van der Waals surface area contributed by atoms with Gasteiger partial charge in [-0.15, -0.1) is 0 Å². The minimum absolute atomic E-state index is 0.0182. The molecule has 1 saturated heterocycles. The first-order chi connectivity index (χ1) is 28.3. The summed E-state index contributed by atoms with van der Waals surface area (Å²) in [5.41, 5.74) is 4.74. The molecule has 0 bridgehead atoms. The molecule has 0 saturated carbocycles. The van der Waals surface area contributed by atoms with Gasteiger partial charge in [-0.05, 0) is 58.7 Å². The average Bonchev–Trinajstić information content (AvgIpc) is 3.77. The second-order valence-corrected chi connectivity index (χ2v) is 13.4. The van der Waals surface area contributed by atoms with Crippen LogP contribution in [0.1, 0.15) is 48.1 Å². The highest BCUT2D eigenvalue weighted by Gasteiger charge is 2.51. The zero-order valence-electron chi connectivity index (χ0n) is 31.3. The van der Waals surface area contributed by atoms with Crippen molar-refractivity contribution in [1.29, 1.82) is 0 Å². The predicted molar refractivity (Wildman–Crippen MR) is 207 cm³/mol. The molecule has 7 rings (SSSR count). The standard InChI is InChI=1S/C45H39NO12/c1-52-43(50)36(46-45(51)55-25-35-33-23-13-11-21-31(33)32-22-12-14-24-34(32)35)26-54-44-39(58-42(49)30-19-9-4-10-20-30)38(57-41(48)29-17-7-3-8-18-29)37(56-44)27-53-40(47)28-15-5-2-6-16-28/h2-24,35-39,44H,25-27H2,1H3,(H,46,51)/t36-,37+,38+,39-,44-/m0/s1. The minimum atomic E-state index is -1.50. The number of esters is 4. The van der Waals surface area contributed by atoms with Gasteiger partial charge in [-0.2, -0.15) is 0 Å². The third kappa shape index (κ3) is 9.07. The quantitative estimate of drug-likeness (QED) is 0.102. The summed E-state index contributed by atoms with van der Waals surface area (Å²) in [7, 11) is 1.14. The first kappa shape index (κ1) is 39.4. The number of nitrogens with one attached hydrogen (secondary N) is 1. The Morgan fingerprint density at radius 1 is 0.586 bits per heavy atom. The maximum absolute atomic E-state index is 13.5. The van der Waals surface area contributed by atoms with Crippen LogP contribution in [-0.4, -0.2) is 87.5 Å². The van der Waals surface area contributed by atoms with Gasteiger partial charge in [-0.3, -0.25) is 0 Å². The van der Waals surface area contributed by atoms with E-state index in [9.17, 15) is 24.0 Å². The van der Waals surface area contributed by atoms with Crippen molar-refractivity contribution in [1.82, 2.24) is 5.32 Å². The van der Waals surface area contributed by atoms with E-state index in [4.69, 9.17) is 33.2 Å². The molecular weight excluding hydrogens is 746 g/mol. The van der Waals surface area contributed by atoms with Crippen molar-refractivity contribution in [2.24, 2.45) is 0 Å². The smallest absolute Gasteiger partial charge is 0.407 e. The van der Waals surface area contributed by atoms with Crippen molar-refractivity contribution < 1.29 is 57.1 Å². The molecule has 1 amide bonds. The van der Waals surface area contributed by atoms with E-state index in [1.54, 1.807) is 66.7 Å². The van der Waals surface area contributed by atoms with Gasteiger partial charge < -0.3 is 38.5 Å². The van der Waals surface area contributed by atoms with Crippen LogP contribution in [0.25, 0.3) is 11.1 Å². The third-order valence-corrected chi connectivity index (χ3v) is 9.71. The van der Waals surface area contributed by atoms with E-state index in [0.29, 0.717) is 0 Å². The second kappa shape index (κ2) is 18.4. The Hall–Kier alpha value is -6.83. The number of carbonyl (C=O) groups excluding carboxylic acids is 5. The van der Waals surface area contributed by atoms with Crippen molar-refractivity contribution in [2.45, 2.75) is 36.6 Å². The minimum Gasteiger partial charge on any atom is -0.467 e. The number of fused-ring (bicyclic) bond motifs is 3. The molecule has 1 N–H and O–H groups in total. The van der Waals surface area contributed by atoms with Gasteiger partial charge in [0, 0.05) is 5.92 Å². The summed E-state index contributed by atoms with van der Waals surface area (Å²) in [6.07, 6.45) is -6.46. The van der Waals surface area contributed by atoms with Crippen LogP contribution in [0.3, 0.4) is 0 Å². The Morgan fingerprint density at radius 3 is 1.60 bits per heavy atom. The van der Waals surface area contributed by atoms with E-state index in [2.05, 4.69) is 5.32 Å². The molecule has 1 heterocycles. The van der Waals surface area contributed by atoms with E-state index < -0.39 is 73.8 Å². The van der Waals surface area contributed by atoms with Crippen molar-refractivity contribution >= 4 is 30.0 Å². The molecule has 5 atom stereocenters. The van der Waals surface area contributed by atoms with Gasteiger partial charge in [0.1, 0.15) is 19.3 Å². The van der Waals surface area contributed by atoms with E-state index in [-0.39, 0.29) is 29.2 Å². The fourth-order valence-corrected chi connectivity index (χ4v) is 6.86. The zero-order valence-corrected chi connectivity index (χ0v) is 31.3. The Morgan fingerprint density at radius 2 is 1.07 bits per heavy atom. The van der Waals surface area contributed by atoms with Crippen LogP contribution in [-0.2, 0) is 38.0 Å². The van der Waals surface area contributed by atoms with E-state index in [1.165, 1.54) is 24.3 Å². The highest BCUT2D eigenvalue weighted by atomic mass is 16.7. The number of methoxy groups -OCH3 is 1. The SMILES string of the molecule is COC(=O)[C@H](CO[C@H]1O[C@H](COC(=O)c2ccccc2)[C@@H](OC(=O)c2ccccc2)[C@@H]1OC(=O)c1ccccc1)NC(=O)OCC1c2ccccc2-c2ccccc21. The van der Waals surface area contributed by atoms with Crippen molar-refractivity contribution in [3.8, 4) is 11.1 Å². The third-order valence-electron chi connectivity index (χ3n) is 9.71. The molecule has 1 aliphatic carbocycles. The molecule has 0 unspecified atom stereocenters. The summed E-state index contributed by atoms with van der Waals surface area (Å²) in [6, 6.07) is 38.7. The number of alkyl carbamates (subject to hydrolysis) is 1. The van der Waals surface area contributed by atoms with Crippen LogP contribution >= 0.6 is 0 Å². The highest BCUT2D eigenvalue weighted by molar-refractivity contribution is 5.91. The fourth-order valence-electron chi connectivity index (χ4n) is 6.86. The normalized spacial score (nSPS) is 18.5. The molecule has 58 heavy (non-hydrogen) atoms. The first-order valence-corrected chi connectivity index (χ1v) is 18.5. The summed E-state index contributed by atoms with van der Waals surface area (Å²) < 4.78 is 40.2. The lowest BCUT2D eigenvalue weighted by Gasteiger charge is -2.25. The predicted octanol–water partition coefficient (Wildman–Crippen LogP) is 6.12. The number of amides is 1. The number of carbonyl (C=O) groups is 5. The van der Waals surface area contributed by atoms with E-state index in [1.807, 2.05) is 48.5 Å². The van der Waals surface area contributed by atoms with Gasteiger partial charge in [0.15, 0.2) is 24.5 Å². The monoisotopic (exact) mass is 785 g/mol. The van der Waals surface area contributed by atoms with E-state index >= 15 is 0 Å². The molecular formula is C45H39NO12. The summed E-state index contributed by atoms with van der Waals surface area (Å²) in [5, 5.41) is 2.50. The lowest BCUT2D eigenvalue weighted by molar-refractivity contribution is -0.178. The molecule has 13 heteroatoms. The van der Waals surface area contributed by atoms with Gasteiger partial charge in [0.2, 0.25) is 0 Å². The Kier molecular flexibility index (Phi) is 12.5. The lowest BCUT2D eigenvalue weighted by Crippen LogP contribution is -2.47. The maximum atomic E-state index is 13.5. The molecule has 1 fully saturated rings. The average molecular weight is 786 g/mol. The topological polar surface area (TPSA) is 162 Å². The Bertz CT molecular complexity index is 2190. The summed E-state index contributed by atoms with van der Waals surface area (Å²) in [6.45, 7) is -1.02. The lowest BCUT2D eigenvalue weighted by atomic mass is 9.98. The Labute approximate surface area is 333 Å². The molecule has 2 aliphatic rings. The zero-order chi connectivity index (χ0) is 40.4. The van der Waals surface area contributed by atoms with Crippen LogP contribution < -0.4 is 5.32 Å². The molecule has 0 spiro atoms. The molecule has 1 aliphatic heterocycles. The van der Waals surface area contributed by atoms with Gasteiger partial charge >= 0.3 is 30.0 Å². The maximum Gasteiger partial charge on any atom is 0.407 e. The molecule has 5 aromatic carbocycles. The number of benzene rings is 5. The number of hydrogen-bond donors (Lipinski definition) is 1. The first-order valence-electron chi connectivity index (χ1n) is 18.5. The molecule has 13 nitrogen and oxygen atoms in total. The summed E-state index contributed by atoms with van der Waals surface area (Å²) >= 11 is 0. The van der Waals surface area contributed by atoms with Crippen LogP contribution in [0.4, 0.5) is 4.79 Å². The highest BCUT2D eigenvalue weighted by Crippen LogP contribution is 2.44. The van der Waals surface area contributed by atoms with Crippen LogP contribution in [0.2, 0.25) is 0 Å². The van der Waals surface area contributed by atoms with E-state index in [0.717, 1.165) is 29.4 Å². The van der Waals surface area contributed by atoms with Crippen LogP contribution in [0.15, 0.2) is 140 Å². The van der Waals surface area contributed by atoms with Crippen LogP contribution in [0.5, 0.6) is 0 Å². The molecule has 296 valence electrons. The van der Waals surface area contributed by atoms with Crippen molar-refractivity contribution in [3.05, 3.63) is 167 Å². The Balaban J connectivity index is 1.09. The van der Waals surface area contributed by atoms with Crippen molar-refractivity contribution in [2.75, 3.05) is 26.9 Å². The summed E-state index contributed by atoms with van der Waals surface area (Å²) in [5.74, 6) is -3.37. The van der Waals surface area contributed by atoms with Crippen molar-refractivity contribution in [3.63, 3.8) is 0 Å². The molecule has 0 radical (unpaired) electrons. The van der Waals surface area contributed by atoms with Gasteiger partial charge in [0.25, 0.3) is 0 Å². The second-order valence-electron chi connectivity index (χ2n) is 13.4. The van der Waals surface area contributed by atoms with Gasteiger partial charge in [-0.1, -0.05) is 103 Å². The fraction of sp³-hybridized carbons (Fsp3) is 0.222. The molecule has 5 aromatic rings. The largest absolute Gasteiger partial charge is 0.467 e. The van der Waals surface area contributed by atoms with Gasteiger partial charge in [0.05, 0.1) is 30.4 Å².